The van der Waals surface area contributed by atoms with E-state index < -0.39 is 6.10 Å². The molecule has 6 heteroatoms. The molecule has 1 atom stereocenters. The second kappa shape index (κ2) is 5.47. The van der Waals surface area contributed by atoms with E-state index in [0.717, 1.165) is 17.1 Å². The predicted molar refractivity (Wildman–Crippen MR) is 77.2 cm³/mol. The summed E-state index contributed by atoms with van der Waals surface area (Å²) in [5.74, 6) is 1.35. The Morgan fingerprint density at radius 2 is 2.29 bits per heavy atom. The van der Waals surface area contributed by atoms with Gasteiger partial charge in [0, 0.05) is 13.1 Å². The average molecular weight is 287 g/mol. The Balaban J connectivity index is 1.88. The quantitative estimate of drug-likeness (QED) is 0.926. The number of nitrogens with zero attached hydrogens (tertiary/aromatic N) is 2. The Kier molecular flexibility index (Phi) is 3.51. The number of ether oxygens (including phenoxy) is 1. The minimum atomic E-state index is -0.530. The van der Waals surface area contributed by atoms with Crippen molar-refractivity contribution in [2.45, 2.75) is 19.6 Å². The molecule has 0 fully saturated rings. The van der Waals surface area contributed by atoms with Gasteiger partial charge in [0.1, 0.15) is 17.2 Å². The number of carbonyl (C=O) groups excluding carboxylic acids is 1. The van der Waals surface area contributed by atoms with Crippen molar-refractivity contribution >= 4 is 11.6 Å². The van der Waals surface area contributed by atoms with Gasteiger partial charge in [-0.3, -0.25) is 4.79 Å². The average Bonchev–Trinajstić information content (AvgIpc) is 2.91. The van der Waals surface area contributed by atoms with E-state index in [2.05, 4.69) is 15.4 Å². The van der Waals surface area contributed by atoms with Crippen LogP contribution in [-0.4, -0.2) is 30.8 Å². The van der Waals surface area contributed by atoms with E-state index in [1.165, 1.54) is 0 Å². The number of amides is 1. The number of fused-ring (bicyclic) bond motifs is 1. The lowest BCUT2D eigenvalue weighted by Crippen LogP contribution is -2.47. The molecule has 1 aromatic carbocycles. The van der Waals surface area contributed by atoms with Gasteiger partial charge in [0.15, 0.2) is 6.10 Å². The fourth-order valence-corrected chi connectivity index (χ4v) is 2.44. The van der Waals surface area contributed by atoms with Gasteiger partial charge in [0.25, 0.3) is 5.91 Å². The van der Waals surface area contributed by atoms with E-state index in [1.807, 2.05) is 37.3 Å². The fraction of sp³-hybridized carbons (Fsp3) is 0.333. The number of hydrogen-bond donors (Lipinski definition) is 1. The number of benzene rings is 1. The summed E-state index contributed by atoms with van der Waals surface area (Å²) >= 11 is 0. The van der Waals surface area contributed by atoms with Gasteiger partial charge >= 0.3 is 0 Å². The highest BCUT2D eigenvalue weighted by Gasteiger charge is 2.30. The monoisotopic (exact) mass is 287 g/mol. The van der Waals surface area contributed by atoms with Crippen LogP contribution in [0.15, 0.2) is 34.9 Å². The first-order valence-electron chi connectivity index (χ1n) is 6.82. The topological polar surface area (TPSA) is 67.6 Å². The molecule has 6 nitrogen and oxygen atoms in total. The van der Waals surface area contributed by atoms with Gasteiger partial charge in [-0.1, -0.05) is 17.3 Å². The molecule has 2 heterocycles. The second-order valence-corrected chi connectivity index (χ2v) is 5.00. The van der Waals surface area contributed by atoms with Crippen LogP contribution in [-0.2, 0) is 11.3 Å². The van der Waals surface area contributed by atoms with Crippen LogP contribution in [0.1, 0.15) is 11.5 Å². The summed E-state index contributed by atoms with van der Waals surface area (Å²) in [5, 5.41) is 6.64. The number of carbonyl (C=O) groups is 1. The van der Waals surface area contributed by atoms with Crippen molar-refractivity contribution in [2.75, 3.05) is 18.5 Å². The third-order valence-electron chi connectivity index (χ3n) is 3.43. The Morgan fingerprint density at radius 1 is 1.48 bits per heavy atom. The molecular formula is C15H17N3O3. The highest BCUT2D eigenvalue weighted by molar-refractivity contribution is 5.83. The van der Waals surface area contributed by atoms with Gasteiger partial charge in [0.2, 0.25) is 0 Å². The molecule has 0 saturated heterocycles. The number of aryl methyl sites for hydroxylation is 1. The summed E-state index contributed by atoms with van der Waals surface area (Å²) in [6, 6.07) is 9.58. The molecular weight excluding hydrogens is 270 g/mol. The largest absolute Gasteiger partial charge is 0.477 e. The maximum Gasteiger partial charge on any atom is 0.262 e. The Bertz CT molecular complexity index is 653. The summed E-state index contributed by atoms with van der Waals surface area (Å²) in [4.78, 5) is 14.0. The highest BCUT2D eigenvalue weighted by Crippen LogP contribution is 2.33. The van der Waals surface area contributed by atoms with Crippen LogP contribution in [0.4, 0.5) is 5.69 Å². The minimum Gasteiger partial charge on any atom is -0.477 e. The lowest BCUT2D eigenvalue weighted by atomic mass is 10.1. The Labute approximate surface area is 122 Å². The van der Waals surface area contributed by atoms with Crippen LogP contribution in [0.25, 0.3) is 0 Å². The number of likely N-dealkylation sites (N-methyl/N-ethyl adjacent to an activating group) is 1. The molecule has 0 spiro atoms. The molecule has 1 aliphatic heterocycles. The van der Waals surface area contributed by atoms with Crippen molar-refractivity contribution in [1.82, 2.24) is 10.5 Å². The summed E-state index contributed by atoms with van der Waals surface area (Å²) in [7, 11) is 1.61. The Hall–Kier alpha value is -2.50. The first-order valence-corrected chi connectivity index (χ1v) is 6.82. The molecule has 21 heavy (non-hydrogen) atoms. The zero-order valence-electron chi connectivity index (χ0n) is 12.0. The number of anilines is 1. The van der Waals surface area contributed by atoms with Gasteiger partial charge in [0.05, 0.1) is 18.8 Å². The summed E-state index contributed by atoms with van der Waals surface area (Å²) in [5.41, 5.74) is 1.79. The van der Waals surface area contributed by atoms with Crippen LogP contribution >= 0.6 is 0 Å². The molecule has 3 rings (SSSR count). The van der Waals surface area contributed by atoms with Crippen molar-refractivity contribution in [2.24, 2.45) is 0 Å². The van der Waals surface area contributed by atoms with Gasteiger partial charge < -0.3 is 19.5 Å². The van der Waals surface area contributed by atoms with E-state index in [0.29, 0.717) is 18.8 Å². The maximum atomic E-state index is 11.9. The number of para-hydroxylation sites is 2. The number of nitrogens with one attached hydrogen (secondary N) is 1. The lowest BCUT2D eigenvalue weighted by molar-refractivity contribution is -0.127. The Morgan fingerprint density at radius 3 is 3.00 bits per heavy atom. The minimum absolute atomic E-state index is 0.133. The molecule has 2 aromatic rings. The first kappa shape index (κ1) is 13.5. The smallest absolute Gasteiger partial charge is 0.262 e. The highest BCUT2D eigenvalue weighted by atomic mass is 16.5. The standard InChI is InChI=1S/C15H17N3O3/c1-10-7-11(17-21-10)8-18-9-14(15(19)16-2)20-13-6-4-3-5-12(13)18/h3-7,14H,8-9H2,1-2H3,(H,16,19). The van der Waals surface area contributed by atoms with Crippen molar-refractivity contribution in [3.8, 4) is 5.75 Å². The summed E-state index contributed by atoms with van der Waals surface area (Å²) in [6.07, 6.45) is -0.530. The van der Waals surface area contributed by atoms with E-state index in [-0.39, 0.29) is 5.91 Å². The zero-order chi connectivity index (χ0) is 14.8. The SMILES string of the molecule is CNC(=O)C1CN(Cc2cc(C)on2)c2ccccc2O1. The maximum absolute atomic E-state index is 11.9. The van der Waals surface area contributed by atoms with Crippen LogP contribution in [0.3, 0.4) is 0 Å². The molecule has 110 valence electrons. The van der Waals surface area contributed by atoms with E-state index in [1.54, 1.807) is 7.05 Å². The van der Waals surface area contributed by atoms with Gasteiger partial charge in [-0.05, 0) is 19.1 Å². The van der Waals surface area contributed by atoms with Crippen LogP contribution in [0, 0.1) is 6.92 Å². The molecule has 1 unspecified atom stereocenters. The van der Waals surface area contributed by atoms with Crippen molar-refractivity contribution in [3.63, 3.8) is 0 Å². The second-order valence-electron chi connectivity index (χ2n) is 5.00. The van der Waals surface area contributed by atoms with Crippen molar-refractivity contribution in [1.29, 1.82) is 0 Å². The molecule has 1 aliphatic rings. The summed E-state index contributed by atoms with van der Waals surface area (Å²) < 4.78 is 10.9. The zero-order valence-corrected chi connectivity index (χ0v) is 12.0. The molecule has 1 N–H and O–H groups in total. The van der Waals surface area contributed by atoms with Gasteiger partial charge in [-0.15, -0.1) is 0 Å². The predicted octanol–water partition coefficient (Wildman–Crippen LogP) is 1.50. The lowest BCUT2D eigenvalue weighted by Gasteiger charge is -2.34. The third kappa shape index (κ3) is 2.69. The van der Waals surface area contributed by atoms with Gasteiger partial charge in [-0.25, -0.2) is 0 Å². The molecule has 0 radical (unpaired) electrons. The number of rotatable bonds is 3. The summed E-state index contributed by atoms with van der Waals surface area (Å²) in [6.45, 7) is 2.91. The normalized spacial score (nSPS) is 17.0. The number of hydrogen-bond acceptors (Lipinski definition) is 5. The molecule has 0 saturated carbocycles. The van der Waals surface area contributed by atoms with E-state index >= 15 is 0 Å². The molecule has 1 amide bonds. The van der Waals surface area contributed by atoms with Crippen molar-refractivity contribution < 1.29 is 14.1 Å². The van der Waals surface area contributed by atoms with Gasteiger partial charge in [-0.2, -0.15) is 0 Å². The van der Waals surface area contributed by atoms with E-state index in [9.17, 15) is 4.79 Å². The third-order valence-corrected chi connectivity index (χ3v) is 3.43. The molecule has 0 bridgehead atoms. The van der Waals surface area contributed by atoms with E-state index in [4.69, 9.17) is 9.26 Å². The van der Waals surface area contributed by atoms with Crippen LogP contribution in [0.5, 0.6) is 5.75 Å². The van der Waals surface area contributed by atoms with Crippen molar-refractivity contribution in [3.05, 3.63) is 41.8 Å². The fourth-order valence-electron chi connectivity index (χ4n) is 2.44. The first-order chi connectivity index (χ1) is 10.2. The number of aromatic nitrogens is 1. The molecule has 1 aromatic heterocycles. The van der Waals surface area contributed by atoms with Crippen LogP contribution in [0.2, 0.25) is 0 Å². The molecule has 0 aliphatic carbocycles. The van der Waals surface area contributed by atoms with Crippen LogP contribution < -0.4 is 15.0 Å².